The van der Waals surface area contributed by atoms with E-state index in [9.17, 15) is 14.0 Å². The fourth-order valence-electron chi connectivity index (χ4n) is 2.77. The van der Waals surface area contributed by atoms with Gasteiger partial charge in [-0.2, -0.15) is 0 Å². The molecule has 1 unspecified atom stereocenters. The van der Waals surface area contributed by atoms with Gasteiger partial charge in [0.15, 0.2) is 0 Å². The Morgan fingerprint density at radius 3 is 2.72 bits per heavy atom. The van der Waals surface area contributed by atoms with E-state index in [1.165, 1.54) is 17.0 Å². The number of anilines is 2. The molecule has 0 saturated carbocycles. The molecule has 3 rings (SSSR count). The van der Waals surface area contributed by atoms with Crippen LogP contribution in [0.4, 0.5) is 15.8 Å². The third-order valence-electron chi connectivity index (χ3n) is 4.08. The fourth-order valence-corrected chi connectivity index (χ4v) is 3.11. The van der Waals surface area contributed by atoms with Crippen LogP contribution in [0.1, 0.15) is 12.0 Å². The number of halogens is 3. The molecule has 2 amide bonds. The number of rotatable bonds is 3. The first-order valence-electron chi connectivity index (χ1n) is 7.67. The van der Waals surface area contributed by atoms with Crippen LogP contribution in [-0.4, -0.2) is 18.4 Å². The van der Waals surface area contributed by atoms with Crippen LogP contribution < -0.4 is 10.2 Å². The Bertz CT molecular complexity index is 857. The number of nitrogens with one attached hydrogen (secondary N) is 1. The quantitative estimate of drug-likeness (QED) is 0.855. The van der Waals surface area contributed by atoms with Crippen molar-refractivity contribution in [2.24, 2.45) is 5.92 Å². The molecular weight excluding hydrogens is 366 g/mol. The molecule has 1 heterocycles. The van der Waals surface area contributed by atoms with Crippen LogP contribution in [0.15, 0.2) is 36.4 Å². The van der Waals surface area contributed by atoms with Gasteiger partial charge in [0.25, 0.3) is 0 Å². The molecule has 25 heavy (non-hydrogen) atoms. The lowest BCUT2D eigenvalue weighted by molar-refractivity contribution is -0.122. The molecule has 0 aliphatic carbocycles. The average molecular weight is 381 g/mol. The Morgan fingerprint density at radius 2 is 2.00 bits per heavy atom. The number of nitrogens with zero attached hydrogens (tertiary/aromatic N) is 1. The summed E-state index contributed by atoms with van der Waals surface area (Å²) >= 11 is 11.9. The molecule has 4 nitrogen and oxygen atoms in total. The van der Waals surface area contributed by atoms with Gasteiger partial charge in [0.2, 0.25) is 11.8 Å². The Hall–Kier alpha value is -2.11. The summed E-state index contributed by atoms with van der Waals surface area (Å²) in [5, 5.41) is 3.47. The van der Waals surface area contributed by atoms with Gasteiger partial charge in [-0.05, 0) is 42.8 Å². The summed E-state index contributed by atoms with van der Waals surface area (Å²) in [4.78, 5) is 26.0. The molecule has 1 atom stereocenters. The highest BCUT2D eigenvalue weighted by atomic mass is 35.5. The predicted octanol–water partition coefficient (Wildman–Crippen LogP) is 4.43. The summed E-state index contributed by atoms with van der Waals surface area (Å²) in [7, 11) is 0. The zero-order chi connectivity index (χ0) is 18.1. The lowest BCUT2D eigenvalue weighted by Crippen LogP contribution is -2.28. The first-order chi connectivity index (χ1) is 11.8. The Balaban J connectivity index is 1.75. The van der Waals surface area contributed by atoms with Gasteiger partial charge in [0, 0.05) is 18.0 Å². The SMILES string of the molecule is Cc1ccc(N2CC(C(=O)Nc3cc(Cl)ccc3Cl)CC2=O)c(F)c1. The van der Waals surface area contributed by atoms with Gasteiger partial charge in [-0.15, -0.1) is 0 Å². The molecule has 2 aromatic rings. The Kier molecular flexibility index (Phi) is 4.97. The van der Waals surface area contributed by atoms with Crippen LogP contribution in [0.3, 0.4) is 0 Å². The highest BCUT2D eigenvalue weighted by molar-refractivity contribution is 6.35. The van der Waals surface area contributed by atoms with Crippen LogP contribution >= 0.6 is 23.2 Å². The van der Waals surface area contributed by atoms with E-state index in [1.54, 1.807) is 31.2 Å². The van der Waals surface area contributed by atoms with Crippen molar-refractivity contribution >= 4 is 46.4 Å². The molecule has 1 aliphatic heterocycles. The van der Waals surface area contributed by atoms with E-state index < -0.39 is 11.7 Å². The van der Waals surface area contributed by atoms with Gasteiger partial charge in [-0.3, -0.25) is 9.59 Å². The van der Waals surface area contributed by atoms with Crippen molar-refractivity contribution in [2.75, 3.05) is 16.8 Å². The van der Waals surface area contributed by atoms with Gasteiger partial charge < -0.3 is 10.2 Å². The third kappa shape index (κ3) is 3.78. The minimum Gasteiger partial charge on any atom is -0.324 e. The fraction of sp³-hybridized carbons (Fsp3) is 0.222. The molecule has 1 N–H and O–H groups in total. The molecular formula is C18H15Cl2FN2O2. The molecule has 0 bridgehead atoms. The monoisotopic (exact) mass is 380 g/mol. The molecule has 130 valence electrons. The highest BCUT2D eigenvalue weighted by Gasteiger charge is 2.36. The van der Waals surface area contributed by atoms with Crippen molar-refractivity contribution in [2.45, 2.75) is 13.3 Å². The Morgan fingerprint density at radius 1 is 1.24 bits per heavy atom. The second-order valence-electron chi connectivity index (χ2n) is 5.97. The number of carbonyl (C=O) groups is 2. The number of carbonyl (C=O) groups excluding carboxylic acids is 2. The van der Waals surface area contributed by atoms with Gasteiger partial charge in [0.1, 0.15) is 5.82 Å². The molecule has 0 radical (unpaired) electrons. The smallest absolute Gasteiger partial charge is 0.229 e. The van der Waals surface area contributed by atoms with Crippen molar-refractivity contribution in [3.05, 3.63) is 57.8 Å². The van der Waals surface area contributed by atoms with Crippen molar-refractivity contribution in [1.82, 2.24) is 0 Å². The van der Waals surface area contributed by atoms with Crippen molar-refractivity contribution in [3.8, 4) is 0 Å². The zero-order valence-electron chi connectivity index (χ0n) is 13.4. The molecule has 0 aromatic heterocycles. The molecule has 1 fully saturated rings. The summed E-state index contributed by atoms with van der Waals surface area (Å²) in [6, 6.07) is 9.37. The van der Waals surface area contributed by atoms with Gasteiger partial charge in [-0.1, -0.05) is 29.3 Å². The maximum atomic E-state index is 14.1. The standard InChI is InChI=1S/C18H15Cl2FN2O2/c1-10-2-5-16(14(21)6-10)23-9-11(7-17(23)24)18(25)22-15-8-12(19)3-4-13(15)20/h2-6,8,11H,7,9H2,1H3,(H,22,25). The van der Waals surface area contributed by atoms with Crippen molar-refractivity contribution in [3.63, 3.8) is 0 Å². The maximum absolute atomic E-state index is 14.1. The maximum Gasteiger partial charge on any atom is 0.229 e. The molecule has 2 aromatic carbocycles. The number of amides is 2. The number of hydrogen-bond acceptors (Lipinski definition) is 2. The normalized spacial score (nSPS) is 17.0. The summed E-state index contributed by atoms with van der Waals surface area (Å²) < 4.78 is 14.1. The van der Waals surface area contributed by atoms with E-state index in [0.29, 0.717) is 15.7 Å². The first kappa shape index (κ1) is 17.7. The summed E-state index contributed by atoms with van der Waals surface area (Å²) in [5.41, 5.74) is 1.33. The Labute approximate surface area is 154 Å². The zero-order valence-corrected chi connectivity index (χ0v) is 14.9. The minimum atomic E-state index is -0.594. The van der Waals surface area contributed by atoms with Crippen LogP contribution in [-0.2, 0) is 9.59 Å². The number of benzene rings is 2. The molecule has 7 heteroatoms. The largest absolute Gasteiger partial charge is 0.324 e. The van der Waals surface area contributed by atoms with Crippen LogP contribution in [0.2, 0.25) is 10.0 Å². The van der Waals surface area contributed by atoms with E-state index in [0.717, 1.165) is 5.56 Å². The van der Waals surface area contributed by atoms with E-state index in [1.807, 2.05) is 0 Å². The van der Waals surface area contributed by atoms with Crippen molar-refractivity contribution in [1.29, 1.82) is 0 Å². The number of hydrogen-bond donors (Lipinski definition) is 1. The average Bonchev–Trinajstić information content (AvgIpc) is 2.93. The highest BCUT2D eigenvalue weighted by Crippen LogP contribution is 2.30. The second-order valence-corrected chi connectivity index (χ2v) is 6.82. The molecule has 1 saturated heterocycles. The number of aryl methyl sites for hydroxylation is 1. The first-order valence-corrected chi connectivity index (χ1v) is 8.43. The van der Waals surface area contributed by atoms with Crippen LogP contribution in [0, 0.1) is 18.7 Å². The third-order valence-corrected chi connectivity index (χ3v) is 4.64. The van der Waals surface area contributed by atoms with Gasteiger partial charge in [-0.25, -0.2) is 4.39 Å². The van der Waals surface area contributed by atoms with Gasteiger partial charge in [0.05, 0.1) is 22.3 Å². The topological polar surface area (TPSA) is 49.4 Å². The van der Waals surface area contributed by atoms with Gasteiger partial charge >= 0.3 is 0 Å². The van der Waals surface area contributed by atoms with E-state index in [-0.39, 0.29) is 30.5 Å². The lowest BCUT2D eigenvalue weighted by Gasteiger charge is -2.18. The molecule has 0 spiro atoms. The second kappa shape index (κ2) is 7.02. The van der Waals surface area contributed by atoms with E-state index in [2.05, 4.69) is 5.32 Å². The molecule has 1 aliphatic rings. The summed E-state index contributed by atoms with van der Waals surface area (Å²) in [5.74, 6) is -1.72. The van der Waals surface area contributed by atoms with E-state index in [4.69, 9.17) is 23.2 Å². The van der Waals surface area contributed by atoms with E-state index >= 15 is 0 Å². The minimum absolute atomic E-state index is 0.0112. The van der Waals surface area contributed by atoms with Crippen LogP contribution in [0.5, 0.6) is 0 Å². The van der Waals surface area contributed by atoms with Crippen molar-refractivity contribution < 1.29 is 14.0 Å². The van der Waals surface area contributed by atoms with Crippen LogP contribution in [0.25, 0.3) is 0 Å². The lowest BCUT2D eigenvalue weighted by atomic mass is 10.1. The summed E-state index contributed by atoms with van der Waals surface area (Å²) in [6.45, 7) is 1.88. The summed E-state index contributed by atoms with van der Waals surface area (Å²) in [6.07, 6.45) is 0.0112. The predicted molar refractivity (Wildman–Crippen MR) is 96.7 cm³/mol.